The second kappa shape index (κ2) is 6.88. The molecule has 0 aromatic heterocycles. The Kier molecular flexibility index (Phi) is 6.19. The summed E-state index contributed by atoms with van der Waals surface area (Å²) in [4.78, 5) is 20.7. The van der Waals surface area contributed by atoms with E-state index in [0.717, 1.165) is 0 Å². The third kappa shape index (κ3) is 5.06. The van der Waals surface area contributed by atoms with Crippen molar-refractivity contribution in [3.05, 3.63) is 46.7 Å². The van der Waals surface area contributed by atoms with Gasteiger partial charge >= 0.3 is 41.0 Å². The quantitative estimate of drug-likeness (QED) is 0.707. The molecule has 0 aliphatic rings. The Hall–Kier alpha value is -1.50. The van der Waals surface area contributed by atoms with Crippen LogP contribution in [0.1, 0.15) is 20.7 Å². The molecule has 0 heterocycles. The molecule has 0 spiro atoms. The Morgan fingerprint density at radius 2 is 1.27 bits per heavy atom. The third-order valence-corrected chi connectivity index (χ3v) is 1.38. The zero-order chi connectivity index (χ0) is 11.8. The molecule has 0 saturated heterocycles. The van der Waals surface area contributed by atoms with Crippen molar-refractivity contribution in [2.75, 3.05) is 0 Å². The predicted octanol–water partition coefficient (Wildman–Crippen LogP) is 1.38. The normalized spacial score (nSPS) is 8.40. The molecule has 1 aromatic carbocycles. The van der Waals surface area contributed by atoms with Crippen LogP contribution in [-0.2, 0) is 0 Å². The van der Waals surface area contributed by atoms with E-state index in [1.165, 1.54) is 24.3 Å². The summed E-state index contributed by atoms with van der Waals surface area (Å²) in [6, 6.07) is 5.02. The zero-order valence-corrected chi connectivity index (χ0v) is 8.30. The minimum absolute atomic E-state index is 0.0833. The number of aromatic carboxylic acids is 2. The Bertz CT molecular complexity index is 323. The van der Waals surface area contributed by atoms with Crippen molar-refractivity contribution in [2.24, 2.45) is 0 Å². The molecule has 0 aliphatic heterocycles. The van der Waals surface area contributed by atoms with Crippen molar-refractivity contribution in [1.29, 1.82) is 0 Å². The molecule has 0 atom stereocenters. The van der Waals surface area contributed by atoms with Crippen LogP contribution in [-0.4, -0.2) is 39.9 Å². The SMILES string of the molecule is O=C(O)c1ccc(C(=O)O)cc1.[Li][CH]=C. The van der Waals surface area contributed by atoms with Gasteiger partial charge in [-0.3, -0.25) is 0 Å². The van der Waals surface area contributed by atoms with E-state index in [1.807, 2.05) is 17.7 Å². The molecule has 5 heteroatoms. The molecule has 0 aliphatic carbocycles. The molecule has 0 unspecified atom stereocenters. The van der Waals surface area contributed by atoms with Gasteiger partial charge in [0, 0.05) is 0 Å². The van der Waals surface area contributed by atoms with Crippen LogP contribution in [0.5, 0.6) is 0 Å². The molecule has 1 rings (SSSR count). The monoisotopic (exact) mass is 200 g/mol. The van der Waals surface area contributed by atoms with Crippen LogP contribution in [0.3, 0.4) is 0 Å². The fourth-order valence-corrected chi connectivity index (χ4v) is 0.755. The number of rotatable bonds is 2. The van der Waals surface area contributed by atoms with E-state index in [2.05, 4.69) is 6.58 Å². The van der Waals surface area contributed by atoms with Crippen LogP contribution in [0.2, 0.25) is 0 Å². The summed E-state index contributed by atoms with van der Waals surface area (Å²) in [5.74, 6) is -2.13. The summed E-state index contributed by atoms with van der Waals surface area (Å²) in [6.07, 6.45) is 0. The standard InChI is InChI=1S/C8H6O4.C2H3.Li/c9-7(10)5-1-2-6(4-3-5)8(11)12;1-2;/h1-4H,(H,9,10)(H,11,12);1H,2H2;. The number of carboxylic acids is 2. The first-order valence-electron chi connectivity index (χ1n) is 4.16. The maximum absolute atomic E-state index is 10.3. The van der Waals surface area contributed by atoms with Crippen LogP contribution in [0.15, 0.2) is 35.6 Å². The molecule has 0 amide bonds. The number of benzene rings is 1. The second-order valence-electron chi connectivity index (χ2n) is 2.60. The topological polar surface area (TPSA) is 74.6 Å². The molecule has 0 radical (unpaired) electrons. The van der Waals surface area contributed by atoms with Crippen molar-refractivity contribution in [3.63, 3.8) is 0 Å². The third-order valence-electron chi connectivity index (χ3n) is 1.38. The molecule has 0 bridgehead atoms. The van der Waals surface area contributed by atoms with Gasteiger partial charge in [-0.05, 0) is 24.3 Å². The van der Waals surface area contributed by atoms with Crippen LogP contribution < -0.4 is 0 Å². The van der Waals surface area contributed by atoms with E-state index in [0.29, 0.717) is 0 Å². The van der Waals surface area contributed by atoms with E-state index in [-0.39, 0.29) is 11.1 Å². The molecule has 4 nitrogen and oxygen atoms in total. The average Bonchev–Trinajstić information content (AvgIpc) is 2.19. The van der Waals surface area contributed by atoms with Gasteiger partial charge < -0.3 is 10.2 Å². The summed E-state index contributed by atoms with van der Waals surface area (Å²) in [5.41, 5.74) is 0.167. The Morgan fingerprint density at radius 1 is 1.07 bits per heavy atom. The van der Waals surface area contributed by atoms with Gasteiger partial charge in [-0.25, -0.2) is 9.59 Å². The van der Waals surface area contributed by atoms with Crippen LogP contribution in [0.25, 0.3) is 0 Å². The number of hydrogen-bond acceptors (Lipinski definition) is 2. The van der Waals surface area contributed by atoms with E-state index in [1.54, 1.807) is 4.75 Å². The van der Waals surface area contributed by atoms with Crippen molar-refractivity contribution in [1.82, 2.24) is 0 Å². The van der Waals surface area contributed by atoms with Crippen LogP contribution >= 0.6 is 0 Å². The van der Waals surface area contributed by atoms with Gasteiger partial charge in [0.2, 0.25) is 0 Å². The van der Waals surface area contributed by atoms with Crippen LogP contribution in [0, 0.1) is 0 Å². The van der Waals surface area contributed by atoms with Gasteiger partial charge in [0.05, 0.1) is 11.1 Å². The second-order valence-corrected chi connectivity index (χ2v) is 2.60. The number of hydrogen-bond donors (Lipinski definition) is 2. The molecule has 1 aromatic rings. The van der Waals surface area contributed by atoms with Crippen molar-refractivity contribution < 1.29 is 19.8 Å². The summed E-state index contributed by atoms with van der Waals surface area (Å²) < 4.78 is 1.75. The molecule has 2 N–H and O–H groups in total. The van der Waals surface area contributed by atoms with Gasteiger partial charge in [0.25, 0.3) is 0 Å². The first-order valence-corrected chi connectivity index (χ1v) is 4.16. The van der Waals surface area contributed by atoms with Crippen molar-refractivity contribution in [2.45, 2.75) is 0 Å². The van der Waals surface area contributed by atoms with Gasteiger partial charge in [0.1, 0.15) is 0 Å². The van der Waals surface area contributed by atoms with E-state index in [4.69, 9.17) is 10.2 Å². The Morgan fingerprint density at radius 3 is 1.40 bits per heavy atom. The summed E-state index contributed by atoms with van der Waals surface area (Å²) >= 11 is 1.89. The fourth-order valence-electron chi connectivity index (χ4n) is 0.755. The van der Waals surface area contributed by atoms with E-state index < -0.39 is 11.9 Å². The molecule has 74 valence electrons. The molecular formula is C10H9LiO4. The summed E-state index contributed by atoms with van der Waals surface area (Å²) in [5, 5.41) is 16.9. The first kappa shape index (κ1) is 13.5. The minimum atomic E-state index is -1.06. The van der Waals surface area contributed by atoms with Gasteiger partial charge in [-0.15, -0.1) is 0 Å². The molecule has 0 fully saturated rings. The van der Waals surface area contributed by atoms with Crippen molar-refractivity contribution >= 4 is 29.7 Å². The predicted molar refractivity (Wildman–Crippen MR) is 56.3 cm³/mol. The first-order chi connectivity index (χ1) is 7.02. The Labute approximate surface area is 96.4 Å². The Balaban J connectivity index is 0.000000583. The molecule has 15 heavy (non-hydrogen) atoms. The maximum atomic E-state index is 10.3. The summed E-state index contributed by atoms with van der Waals surface area (Å²) in [7, 11) is 0. The van der Waals surface area contributed by atoms with Gasteiger partial charge in [-0.2, -0.15) is 0 Å². The van der Waals surface area contributed by atoms with Crippen LogP contribution in [0.4, 0.5) is 0 Å². The average molecular weight is 200 g/mol. The number of carbonyl (C=O) groups is 2. The van der Waals surface area contributed by atoms with Crippen molar-refractivity contribution in [3.8, 4) is 0 Å². The summed E-state index contributed by atoms with van der Waals surface area (Å²) in [6.45, 7) is 3.36. The molecular weight excluding hydrogens is 191 g/mol. The van der Waals surface area contributed by atoms with Gasteiger partial charge in [-0.1, -0.05) is 0 Å². The zero-order valence-electron chi connectivity index (χ0n) is 8.30. The van der Waals surface area contributed by atoms with Gasteiger partial charge in [0.15, 0.2) is 0 Å². The molecule has 0 saturated carbocycles. The van der Waals surface area contributed by atoms with E-state index >= 15 is 0 Å². The number of carboxylic acid groups (broad SMARTS) is 2. The van der Waals surface area contributed by atoms with E-state index in [9.17, 15) is 9.59 Å². The fraction of sp³-hybridized carbons (Fsp3) is 0.